The van der Waals surface area contributed by atoms with Crippen LogP contribution in [0.1, 0.15) is 77.1 Å². The van der Waals surface area contributed by atoms with E-state index < -0.39 is 42.0 Å². The van der Waals surface area contributed by atoms with Crippen molar-refractivity contribution in [2.24, 2.45) is 5.92 Å². The first-order valence-corrected chi connectivity index (χ1v) is 11.3. The lowest BCUT2D eigenvalue weighted by Crippen LogP contribution is -2.59. The van der Waals surface area contributed by atoms with Crippen molar-refractivity contribution in [2.45, 2.75) is 95.1 Å². The first-order valence-electron chi connectivity index (χ1n) is 11.3. The fraction of sp³-hybridized carbons (Fsp3) is 0.667. The number of carbonyl (C=O) groups excluding carboxylic acids is 1. The minimum atomic E-state index is -4.09. The summed E-state index contributed by atoms with van der Waals surface area (Å²) < 4.78 is 55.1. The average molecular weight is 455 g/mol. The van der Waals surface area contributed by atoms with Gasteiger partial charge in [-0.25, -0.2) is 4.98 Å². The molecule has 32 heavy (non-hydrogen) atoms. The van der Waals surface area contributed by atoms with E-state index in [1.165, 1.54) is 0 Å². The molecule has 1 N–H and O–H groups in total. The quantitative estimate of drug-likeness (QED) is 0.518. The molecule has 1 aromatic heterocycles. The first-order chi connectivity index (χ1) is 14.7. The number of halogens is 4. The molecule has 2 fully saturated rings. The highest BCUT2D eigenvalue weighted by atomic mass is 19.3. The van der Waals surface area contributed by atoms with Gasteiger partial charge >= 0.3 is 11.8 Å². The van der Waals surface area contributed by atoms with Crippen LogP contribution in [0.5, 0.6) is 0 Å². The molecule has 0 amide bonds. The summed E-state index contributed by atoms with van der Waals surface area (Å²) in [6.07, 6.45) is 2.65. The van der Waals surface area contributed by atoms with Gasteiger partial charge < -0.3 is 9.67 Å². The van der Waals surface area contributed by atoms with E-state index in [-0.39, 0.29) is 12.0 Å². The van der Waals surface area contributed by atoms with Crippen LogP contribution in [-0.4, -0.2) is 32.3 Å². The van der Waals surface area contributed by atoms with Crippen molar-refractivity contribution < 1.29 is 27.5 Å². The molecule has 1 atom stereocenters. The summed E-state index contributed by atoms with van der Waals surface area (Å²) in [7, 11) is 0. The van der Waals surface area contributed by atoms with Gasteiger partial charge in [-0.15, -0.1) is 0 Å². The Morgan fingerprint density at radius 2 is 1.94 bits per heavy atom. The molecule has 2 saturated carbocycles. The van der Waals surface area contributed by atoms with Gasteiger partial charge in [-0.1, -0.05) is 6.07 Å². The van der Waals surface area contributed by atoms with Crippen LogP contribution in [0, 0.1) is 5.92 Å². The number of alkyl halides is 4. The summed E-state index contributed by atoms with van der Waals surface area (Å²) in [6.45, 7) is 5.63. The van der Waals surface area contributed by atoms with Crippen LogP contribution in [0.3, 0.4) is 0 Å². The number of carbonyl (C=O) groups is 1. The van der Waals surface area contributed by atoms with E-state index in [0.29, 0.717) is 12.8 Å². The molecule has 4 rings (SSSR count). The third-order valence-electron chi connectivity index (χ3n) is 7.23. The van der Waals surface area contributed by atoms with Crippen LogP contribution in [0.2, 0.25) is 0 Å². The van der Waals surface area contributed by atoms with Gasteiger partial charge in [0.2, 0.25) is 0 Å². The van der Waals surface area contributed by atoms with Gasteiger partial charge in [0, 0.05) is 37.1 Å². The van der Waals surface area contributed by atoms with Gasteiger partial charge in [0.15, 0.2) is 0 Å². The van der Waals surface area contributed by atoms with Gasteiger partial charge in [0.05, 0.1) is 16.6 Å². The molecule has 2 aromatic rings. The molecule has 0 aliphatic heterocycles. The zero-order valence-corrected chi connectivity index (χ0v) is 18.7. The zero-order valence-electron chi connectivity index (χ0n) is 18.7. The second-order valence-corrected chi connectivity index (χ2v) is 10.3. The number of Topliss-reactive ketones (excluding diaryl/α,β-unsaturated/α-hetero) is 1. The predicted octanol–water partition coefficient (Wildman–Crippen LogP) is 5.74. The lowest BCUT2D eigenvalue weighted by molar-refractivity contribution is -0.313. The molecule has 176 valence electrons. The molecule has 1 unspecified atom stereocenters. The van der Waals surface area contributed by atoms with E-state index in [1.807, 2.05) is 18.2 Å². The minimum absolute atomic E-state index is 0.0625. The number of imidazole rings is 1. The second-order valence-electron chi connectivity index (χ2n) is 10.3. The van der Waals surface area contributed by atoms with Crippen molar-refractivity contribution in [1.29, 1.82) is 0 Å². The lowest BCUT2D eigenvalue weighted by atomic mass is 9.73. The second kappa shape index (κ2) is 7.54. The minimum Gasteiger partial charge on any atom is -0.386 e. The van der Waals surface area contributed by atoms with Gasteiger partial charge in [0.25, 0.3) is 0 Å². The monoisotopic (exact) mass is 454 g/mol. The summed E-state index contributed by atoms with van der Waals surface area (Å²) in [6, 6.07) is 5.69. The highest BCUT2D eigenvalue weighted by molar-refractivity contribution is 5.79. The Bertz CT molecular complexity index is 1030. The van der Waals surface area contributed by atoms with E-state index in [0.717, 1.165) is 41.7 Å². The largest absolute Gasteiger partial charge is 0.386 e. The van der Waals surface area contributed by atoms with E-state index in [9.17, 15) is 27.5 Å². The van der Waals surface area contributed by atoms with Crippen LogP contribution < -0.4 is 0 Å². The van der Waals surface area contributed by atoms with Crippen LogP contribution in [-0.2, 0) is 22.4 Å². The van der Waals surface area contributed by atoms with Gasteiger partial charge in [-0.2, -0.15) is 17.6 Å². The molecule has 8 heteroatoms. The molecular formula is C24H30F4N2O2. The van der Waals surface area contributed by atoms with Gasteiger partial charge in [-0.05, 0) is 64.2 Å². The molecule has 4 nitrogen and oxygen atoms in total. The highest BCUT2D eigenvalue weighted by Gasteiger charge is 2.71. The summed E-state index contributed by atoms with van der Waals surface area (Å²) in [5.41, 5.74) is 1.45. The number of aromatic nitrogens is 2. The number of hydrogen-bond acceptors (Lipinski definition) is 3. The van der Waals surface area contributed by atoms with Crippen molar-refractivity contribution in [2.75, 3.05) is 0 Å². The number of ketones is 1. The lowest BCUT2D eigenvalue weighted by Gasteiger charge is -2.43. The normalized spacial score (nSPS) is 23.6. The summed E-state index contributed by atoms with van der Waals surface area (Å²) in [5, 5.41) is 10.4. The summed E-state index contributed by atoms with van der Waals surface area (Å²) in [5.74, 6) is -9.24. The van der Waals surface area contributed by atoms with Crippen molar-refractivity contribution >= 4 is 16.8 Å². The van der Waals surface area contributed by atoms with E-state index in [2.05, 4.69) is 11.5 Å². The van der Waals surface area contributed by atoms with Crippen molar-refractivity contribution in [3.8, 4) is 0 Å². The average Bonchev–Trinajstić information content (AvgIpc) is 3.02. The Hall–Kier alpha value is -1.96. The number of benzene rings is 1. The van der Waals surface area contributed by atoms with E-state index in [1.54, 1.807) is 13.8 Å². The number of aliphatic hydroxyl groups is 1. The Balaban J connectivity index is 1.48. The molecule has 0 spiro atoms. The van der Waals surface area contributed by atoms with Crippen LogP contribution >= 0.6 is 0 Å². The standard InChI is InChI=1S/C24H30F4N2O2/c1-21(2,32)15-8-9-18-19(13-15)30(22(3)10-5-11-22)20(29-18)7-4-6-17(31)12-16-14-23(25,26)24(16,27)28/h8-9,13,16,32H,4-7,10-12,14H2,1-3H3. The number of aryl methyl sites for hydroxylation is 1. The maximum absolute atomic E-state index is 13.5. The topological polar surface area (TPSA) is 55.1 Å². The fourth-order valence-corrected chi connectivity index (χ4v) is 4.95. The molecule has 0 bridgehead atoms. The van der Waals surface area contributed by atoms with Gasteiger partial charge in [0.1, 0.15) is 11.6 Å². The molecule has 0 saturated heterocycles. The molecule has 2 aliphatic rings. The first kappa shape index (κ1) is 23.2. The molecular weight excluding hydrogens is 424 g/mol. The summed E-state index contributed by atoms with van der Waals surface area (Å²) in [4.78, 5) is 16.9. The third-order valence-corrected chi connectivity index (χ3v) is 7.23. The highest BCUT2D eigenvalue weighted by Crippen LogP contribution is 2.56. The molecule has 2 aliphatic carbocycles. The number of hydrogen-bond donors (Lipinski definition) is 1. The van der Waals surface area contributed by atoms with Crippen molar-refractivity contribution in [3.63, 3.8) is 0 Å². The summed E-state index contributed by atoms with van der Waals surface area (Å²) >= 11 is 0. The Morgan fingerprint density at radius 3 is 2.47 bits per heavy atom. The van der Waals surface area contributed by atoms with Crippen LogP contribution in [0.4, 0.5) is 17.6 Å². The SMILES string of the molecule is CC(C)(O)c1ccc2nc(CCCC(=O)CC3CC(F)(F)C3(F)F)n(C3(C)CCC3)c2c1. The number of rotatable bonds is 8. The predicted molar refractivity (Wildman–Crippen MR) is 113 cm³/mol. The fourth-order valence-electron chi connectivity index (χ4n) is 4.95. The molecule has 1 heterocycles. The Morgan fingerprint density at radius 1 is 1.25 bits per heavy atom. The maximum atomic E-state index is 13.5. The van der Waals surface area contributed by atoms with E-state index in [4.69, 9.17) is 4.98 Å². The Labute approximate surface area is 185 Å². The van der Waals surface area contributed by atoms with Gasteiger partial charge in [-0.3, -0.25) is 4.79 Å². The maximum Gasteiger partial charge on any atom is 0.313 e. The third kappa shape index (κ3) is 3.84. The Kier molecular flexibility index (Phi) is 5.47. The molecule has 0 radical (unpaired) electrons. The van der Waals surface area contributed by atoms with Crippen LogP contribution in [0.25, 0.3) is 11.0 Å². The number of nitrogens with zero attached hydrogens (tertiary/aromatic N) is 2. The van der Waals surface area contributed by atoms with Crippen molar-refractivity contribution in [3.05, 3.63) is 29.6 Å². The number of fused-ring (bicyclic) bond motifs is 1. The van der Waals surface area contributed by atoms with Crippen LogP contribution in [0.15, 0.2) is 18.2 Å². The smallest absolute Gasteiger partial charge is 0.313 e. The molecule has 1 aromatic carbocycles. The zero-order chi connectivity index (χ0) is 23.5. The van der Waals surface area contributed by atoms with Crippen molar-refractivity contribution in [1.82, 2.24) is 9.55 Å². The van der Waals surface area contributed by atoms with E-state index >= 15 is 0 Å².